The third-order valence-corrected chi connectivity index (χ3v) is 2.48. The lowest BCUT2D eigenvalue weighted by atomic mass is 10.1. The third kappa shape index (κ3) is 4.91. The van der Waals surface area contributed by atoms with E-state index in [4.69, 9.17) is 15.3 Å². The van der Waals surface area contributed by atoms with Crippen LogP contribution in [0.3, 0.4) is 0 Å². The molecule has 4 heteroatoms. The van der Waals surface area contributed by atoms with Crippen LogP contribution in [0.15, 0.2) is 54.6 Å². The van der Waals surface area contributed by atoms with Crippen molar-refractivity contribution in [1.29, 1.82) is 0 Å². The van der Waals surface area contributed by atoms with Crippen molar-refractivity contribution >= 4 is 5.97 Å². The number of rotatable bonds is 3. The van der Waals surface area contributed by atoms with Crippen molar-refractivity contribution in [3.8, 4) is 0 Å². The first-order valence-electron chi connectivity index (χ1n) is 5.76. The number of hydrogen-bond donors (Lipinski definition) is 3. The van der Waals surface area contributed by atoms with Crippen LogP contribution in [-0.2, 0) is 13.2 Å². The lowest BCUT2D eigenvalue weighted by molar-refractivity contribution is 0.0697. The normalized spacial score (nSPS) is 9.37. The molecule has 0 saturated carbocycles. The number of benzene rings is 2. The summed E-state index contributed by atoms with van der Waals surface area (Å²) in [6, 6.07) is 15.6. The Morgan fingerprint density at radius 3 is 1.53 bits per heavy atom. The molecule has 2 rings (SSSR count). The summed E-state index contributed by atoms with van der Waals surface area (Å²) in [7, 11) is 0. The van der Waals surface area contributed by atoms with Gasteiger partial charge in [0.2, 0.25) is 0 Å². The van der Waals surface area contributed by atoms with Gasteiger partial charge >= 0.3 is 5.97 Å². The molecule has 19 heavy (non-hydrogen) atoms. The van der Waals surface area contributed by atoms with Gasteiger partial charge in [-0.05, 0) is 23.3 Å². The smallest absolute Gasteiger partial charge is 0.335 e. The Hall–Kier alpha value is -2.17. The lowest BCUT2D eigenvalue weighted by Gasteiger charge is -2.01. The van der Waals surface area contributed by atoms with Gasteiger partial charge in [-0.15, -0.1) is 0 Å². The van der Waals surface area contributed by atoms with Gasteiger partial charge < -0.3 is 15.3 Å². The maximum absolute atomic E-state index is 10.2. The number of aromatic carboxylic acids is 1. The lowest BCUT2D eigenvalue weighted by Crippen LogP contribution is -1.93. The number of hydrogen-bond acceptors (Lipinski definition) is 3. The number of carboxylic acids is 1. The van der Waals surface area contributed by atoms with Gasteiger partial charge in [-0.1, -0.05) is 42.5 Å². The fourth-order valence-corrected chi connectivity index (χ4v) is 1.45. The van der Waals surface area contributed by atoms with E-state index in [9.17, 15) is 4.79 Å². The minimum atomic E-state index is -0.879. The average molecular weight is 260 g/mol. The zero-order chi connectivity index (χ0) is 14.1. The summed E-state index contributed by atoms with van der Waals surface area (Å²) >= 11 is 0. The van der Waals surface area contributed by atoms with Crippen molar-refractivity contribution in [2.45, 2.75) is 13.2 Å². The molecule has 3 N–H and O–H groups in total. The average Bonchev–Trinajstić information content (AvgIpc) is 2.48. The monoisotopic (exact) mass is 260 g/mol. The van der Waals surface area contributed by atoms with E-state index >= 15 is 0 Å². The first-order valence-corrected chi connectivity index (χ1v) is 5.76. The summed E-state index contributed by atoms with van der Waals surface area (Å²) in [5.74, 6) is -0.879. The Labute approximate surface area is 111 Å². The van der Waals surface area contributed by atoms with E-state index in [2.05, 4.69) is 0 Å². The predicted octanol–water partition coefficient (Wildman–Crippen LogP) is 2.06. The molecule has 2 aromatic carbocycles. The van der Waals surface area contributed by atoms with Crippen LogP contribution < -0.4 is 0 Å². The minimum Gasteiger partial charge on any atom is -0.478 e. The molecule has 0 aromatic heterocycles. The zero-order valence-electron chi connectivity index (χ0n) is 10.4. The van der Waals surface area contributed by atoms with E-state index in [-0.39, 0.29) is 13.2 Å². The Morgan fingerprint density at radius 2 is 1.21 bits per heavy atom. The van der Waals surface area contributed by atoms with E-state index in [0.717, 1.165) is 11.1 Å². The molecular formula is C15H16O4. The molecular weight excluding hydrogens is 244 g/mol. The largest absolute Gasteiger partial charge is 0.478 e. The second-order valence-corrected chi connectivity index (χ2v) is 3.76. The highest BCUT2D eigenvalue weighted by atomic mass is 16.4. The summed E-state index contributed by atoms with van der Waals surface area (Å²) in [5.41, 5.74) is 1.92. The molecule has 4 nitrogen and oxygen atoms in total. The standard InChI is InChI=1S/C8H10O2.C7H6O2/c9-5-7-3-1-2-4-8(7)6-10;8-7(9)6-4-2-1-3-5-6/h1-4,9-10H,5-6H2;1-5H,(H,8,9). The molecule has 0 unspecified atom stereocenters. The SMILES string of the molecule is O=C(O)c1ccccc1.OCc1ccccc1CO. The molecule has 0 atom stereocenters. The maximum Gasteiger partial charge on any atom is 0.335 e. The van der Waals surface area contributed by atoms with Crippen LogP contribution in [0.25, 0.3) is 0 Å². The molecule has 0 spiro atoms. The molecule has 0 amide bonds. The van der Waals surface area contributed by atoms with Crippen LogP contribution in [0, 0.1) is 0 Å². The van der Waals surface area contributed by atoms with Crippen LogP contribution in [0.5, 0.6) is 0 Å². The molecule has 0 fully saturated rings. The number of aliphatic hydroxyl groups excluding tert-OH is 2. The van der Waals surface area contributed by atoms with Crippen molar-refractivity contribution < 1.29 is 20.1 Å². The molecule has 0 saturated heterocycles. The van der Waals surface area contributed by atoms with Gasteiger partial charge in [-0.25, -0.2) is 4.79 Å². The topological polar surface area (TPSA) is 77.8 Å². The van der Waals surface area contributed by atoms with Crippen molar-refractivity contribution in [1.82, 2.24) is 0 Å². The van der Waals surface area contributed by atoms with E-state index in [1.165, 1.54) is 0 Å². The fraction of sp³-hybridized carbons (Fsp3) is 0.133. The highest BCUT2D eigenvalue weighted by Gasteiger charge is 1.97. The number of aliphatic hydroxyl groups is 2. The van der Waals surface area contributed by atoms with E-state index in [0.29, 0.717) is 5.56 Å². The van der Waals surface area contributed by atoms with Gasteiger partial charge in [-0.2, -0.15) is 0 Å². The van der Waals surface area contributed by atoms with Crippen LogP contribution in [0.4, 0.5) is 0 Å². The zero-order valence-corrected chi connectivity index (χ0v) is 10.4. The Balaban J connectivity index is 0.000000191. The summed E-state index contributed by atoms with van der Waals surface area (Å²) in [5, 5.41) is 25.9. The highest BCUT2D eigenvalue weighted by Crippen LogP contribution is 2.07. The number of carbonyl (C=O) groups is 1. The predicted molar refractivity (Wildman–Crippen MR) is 71.7 cm³/mol. The quantitative estimate of drug-likeness (QED) is 0.789. The van der Waals surface area contributed by atoms with Crippen molar-refractivity contribution in [2.24, 2.45) is 0 Å². The van der Waals surface area contributed by atoms with E-state index in [1.54, 1.807) is 42.5 Å². The fourth-order valence-electron chi connectivity index (χ4n) is 1.45. The summed E-state index contributed by atoms with van der Waals surface area (Å²) in [6.45, 7) is -0.00648. The van der Waals surface area contributed by atoms with Gasteiger partial charge in [0, 0.05) is 0 Å². The summed E-state index contributed by atoms with van der Waals surface area (Å²) < 4.78 is 0. The van der Waals surface area contributed by atoms with Crippen molar-refractivity contribution in [2.75, 3.05) is 0 Å². The Kier molecular flexibility index (Phi) is 6.29. The molecule has 100 valence electrons. The second-order valence-electron chi connectivity index (χ2n) is 3.76. The van der Waals surface area contributed by atoms with Gasteiger partial charge in [0.15, 0.2) is 0 Å². The Morgan fingerprint density at radius 1 is 0.789 bits per heavy atom. The number of carboxylic acid groups (broad SMARTS) is 1. The maximum atomic E-state index is 10.2. The Bertz CT molecular complexity index is 486. The van der Waals surface area contributed by atoms with E-state index < -0.39 is 5.97 Å². The third-order valence-electron chi connectivity index (χ3n) is 2.48. The van der Waals surface area contributed by atoms with Gasteiger partial charge in [0.1, 0.15) is 0 Å². The van der Waals surface area contributed by atoms with Crippen LogP contribution in [0.1, 0.15) is 21.5 Å². The van der Waals surface area contributed by atoms with Crippen LogP contribution in [-0.4, -0.2) is 21.3 Å². The van der Waals surface area contributed by atoms with Crippen LogP contribution in [0.2, 0.25) is 0 Å². The molecule has 2 aromatic rings. The van der Waals surface area contributed by atoms with Crippen molar-refractivity contribution in [3.63, 3.8) is 0 Å². The van der Waals surface area contributed by atoms with E-state index in [1.807, 2.05) is 12.1 Å². The molecule has 0 aliphatic carbocycles. The summed E-state index contributed by atoms with van der Waals surface area (Å²) in [6.07, 6.45) is 0. The van der Waals surface area contributed by atoms with Crippen molar-refractivity contribution in [3.05, 3.63) is 71.3 Å². The van der Waals surface area contributed by atoms with Gasteiger partial charge in [0.25, 0.3) is 0 Å². The first-order chi connectivity index (χ1) is 9.19. The molecule has 0 bridgehead atoms. The van der Waals surface area contributed by atoms with Gasteiger partial charge in [0.05, 0.1) is 18.8 Å². The van der Waals surface area contributed by atoms with Gasteiger partial charge in [-0.3, -0.25) is 0 Å². The second kappa shape index (κ2) is 8.02. The minimum absolute atomic E-state index is 0.00324. The molecule has 0 aliphatic heterocycles. The molecule has 0 heterocycles. The summed E-state index contributed by atoms with van der Waals surface area (Å²) in [4.78, 5) is 10.2. The highest BCUT2D eigenvalue weighted by molar-refractivity contribution is 5.87. The molecule has 0 radical (unpaired) electrons. The van der Waals surface area contributed by atoms with Crippen LogP contribution >= 0.6 is 0 Å². The first kappa shape index (κ1) is 14.9. The molecule has 0 aliphatic rings.